The molecule has 0 atom stereocenters. The maximum Gasteiger partial charge on any atom is 0.184 e. The summed E-state index contributed by atoms with van der Waals surface area (Å²) in [6, 6.07) is 10.3. The van der Waals surface area contributed by atoms with Gasteiger partial charge in [-0.05, 0) is 42.7 Å². The van der Waals surface area contributed by atoms with Crippen molar-refractivity contribution in [3.63, 3.8) is 0 Å². The summed E-state index contributed by atoms with van der Waals surface area (Å²) < 4.78 is 24.9. The van der Waals surface area contributed by atoms with Crippen molar-refractivity contribution in [2.75, 3.05) is 5.73 Å². The zero-order valence-electron chi connectivity index (χ0n) is 11.4. The Labute approximate surface area is 124 Å². The van der Waals surface area contributed by atoms with E-state index in [0.29, 0.717) is 16.3 Å². The van der Waals surface area contributed by atoms with Crippen molar-refractivity contribution >= 4 is 27.1 Å². The van der Waals surface area contributed by atoms with E-state index in [1.807, 2.05) is 13.0 Å². The van der Waals surface area contributed by atoms with Gasteiger partial charge in [0, 0.05) is 5.02 Å². The summed E-state index contributed by atoms with van der Waals surface area (Å²) >= 11 is 6.10. The van der Waals surface area contributed by atoms with Crippen LogP contribution in [0.15, 0.2) is 41.3 Å². The number of rotatable bonds is 3. The van der Waals surface area contributed by atoms with Crippen LogP contribution in [0.3, 0.4) is 0 Å². The minimum atomic E-state index is -3.51. The number of nitrogens with two attached hydrogens (primary N) is 1. The van der Waals surface area contributed by atoms with E-state index >= 15 is 0 Å². The SMILES string of the molecule is Cc1ccc(CS(=O)(=O)c2cccc(C)c2N)c(Cl)c1. The molecular formula is C15H16ClNO2S. The third-order valence-electron chi connectivity index (χ3n) is 3.17. The molecule has 3 nitrogen and oxygen atoms in total. The molecule has 5 heteroatoms. The molecule has 0 saturated carbocycles. The molecule has 0 radical (unpaired) electrons. The van der Waals surface area contributed by atoms with Gasteiger partial charge in [0.1, 0.15) is 0 Å². The first-order chi connectivity index (χ1) is 9.31. The fraction of sp³-hybridized carbons (Fsp3) is 0.200. The maximum atomic E-state index is 12.5. The number of nitrogen functional groups attached to an aromatic ring is 1. The van der Waals surface area contributed by atoms with Crippen molar-refractivity contribution in [1.29, 1.82) is 0 Å². The highest BCUT2D eigenvalue weighted by molar-refractivity contribution is 7.90. The Morgan fingerprint density at radius 2 is 1.85 bits per heavy atom. The highest BCUT2D eigenvalue weighted by Crippen LogP contribution is 2.27. The van der Waals surface area contributed by atoms with Crippen LogP contribution in [0.5, 0.6) is 0 Å². The van der Waals surface area contributed by atoms with Crippen molar-refractivity contribution in [3.05, 3.63) is 58.1 Å². The van der Waals surface area contributed by atoms with Gasteiger partial charge in [-0.1, -0.05) is 35.9 Å². The van der Waals surface area contributed by atoms with Gasteiger partial charge in [0.15, 0.2) is 9.84 Å². The minimum absolute atomic E-state index is 0.153. The molecule has 0 unspecified atom stereocenters. The second-order valence-corrected chi connectivity index (χ2v) is 7.21. The largest absolute Gasteiger partial charge is 0.397 e. The molecule has 2 aromatic rings. The third kappa shape index (κ3) is 2.97. The lowest BCUT2D eigenvalue weighted by Crippen LogP contribution is -2.09. The fourth-order valence-corrected chi connectivity index (χ4v) is 3.96. The number of hydrogen-bond acceptors (Lipinski definition) is 3. The van der Waals surface area contributed by atoms with Gasteiger partial charge in [-0.2, -0.15) is 0 Å². The molecule has 0 aliphatic rings. The number of benzene rings is 2. The molecule has 0 bridgehead atoms. The lowest BCUT2D eigenvalue weighted by atomic mass is 10.2. The Hall–Kier alpha value is -1.52. The van der Waals surface area contributed by atoms with Crippen LogP contribution < -0.4 is 5.73 Å². The number of sulfone groups is 1. The van der Waals surface area contributed by atoms with Crippen LogP contribution in [-0.2, 0) is 15.6 Å². The Kier molecular flexibility index (Phi) is 4.06. The lowest BCUT2D eigenvalue weighted by molar-refractivity contribution is 0.595. The van der Waals surface area contributed by atoms with Crippen molar-refractivity contribution in [1.82, 2.24) is 0 Å². The monoisotopic (exact) mass is 309 g/mol. The van der Waals surface area contributed by atoms with Crippen LogP contribution in [0, 0.1) is 13.8 Å². The van der Waals surface area contributed by atoms with Crippen molar-refractivity contribution < 1.29 is 8.42 Å². The predicted molar refractivity (Wildman–Crippen MR) is 82.7 cm³/mol. The number of para-hydroxylation sites is 1. The highest BCUT2D eigenvalue weighted by atomic mass is 35.5. The number of aryl methyl sites for hydroxylation is 2. The van der Waals surface area contributed by atoms with E-state index in [-0.39, 0.29) is 10.6 Å². The molecule has 0 aliphatic carbocycles. The summed E-state index contributed by atoms with van der Waals surface area (Å²) in [6.45, 7) is 3.69. The van der Waals surface area contributed by atoms with Crippen LogP contribution in [0.25, 0.3) is 0 Å². The smallest absolute Gasteiger partial charge is 0.184 e. The molecular weight excluding hydrogens is 294 g/mol. The molecule has 0 fully saturated rings. The topological polar surface area (TPSA) is 60.2 Å². The molecule has 2 N–H and O–H groups in total. The third-order valence-corrected chi connectivity index (χ3v) is 5.24. The normalized spacial score (nSPS) is 11.6. The van der Waals surface area contributed by atoms with E-state index in [2.05, 4.69) is 0 Å². The molecule has 0 spiro atoms. The molecule has 20 heavy (non-hydrogen) atoms. The Balaban J connectivity index is 2.44. The summed E-state index contributed by atoms with van der Waals surface area (Å²) in [5, 5.41) is 0.458. The molecule has 2 rings (SSSR count). The van der Waals surface area contributed by atoms with E-state index < -0.39 is 9.84 Å². The molecule has 0 heterocycles. The summed E-state index contributed by atoms with van der Waals surface area (Å²) in [4.78, 5) is 0.161. The molecule has 0 aromatic heterocycles. The van der Waals surface area contributed by atoms with Gasteiger partial charge in [-0.15, -0.1) is 0 Å². The van der Waals surface area contributed by atoms with E-state index in [4.69, 9.17) is 17.3 Å². The van der Waals surface area contributed by atoms with Crippen LogP contribution in [-0.4, -0.2) is 8.42 Å². The van der Waals surface area contributed by atoms with E-state index in [1.165, 1.54) is 6.07 Å². The van der Waals surface area contributed by atoms with E-state index in [9.17, 15) is 8.42 Å². The number of hydrogen-bond donors (Lipinski definition) is 1. The second kappa shape index (κ2) is 5.46. The lowest BCUT2D eigenvalue weighted by Gasteiger charge is -2.10. The molecule has 106 valence electrons. The Bertz CT molecular complexity index is 754. The predicted octanol–water partition coefficient (Wildman–Crippen LogP) is 3.51. The average Bonchev–Trinajstić information content (AvgIpc) is 2.36. The fourth-order valence-electron chi connectivity index (χ4n) is 1.98. The zero-order valence-corrected chi connectivity index (χ0v) is 12.9. The quantitative estimate of drug-likeness (QED) is 0.883. The van der Waals surface area contributed by atoms with Gasteiger partial charge in [0.2, 0.25) is 0 Å². The number of anilines is 1. The Morgan fingerprint density at radius 3 is 2.50 bits per heavy atom. The van der Waals surface area contributed by atoms with Crippen LogP contribution in [0.1, 0.15) is 16.7 Å². The summed E-state index contributed by atoms with van der Waals surface area (Å²) in [5.41, 5.74) is 8.50. The van der Waals surface area contributed by atoms with Crippen molar-refractivity contribution in [2.24, 2.45) is 0 Å². The average molecular weight is 310 g/mol. The first-order valence-corrected chi connectivity index (χ1v) is 8.17. The Morgan fingerprint density at radius 1 is 1.15 bits per heavy atom. The number of halogens is 1. The van der Waals surface area contributed by atoms with Crippen molar-refractivity contribution in [2.45, 2.75) is 24.5 Å². The van der Waals surface area contributed by atoms with E-state index in [1.54, 1.807) is 31.2 Å². The van der Waals surface area contributed by atoms with Gasteiger partial charge < -0.3 is 5.73 Å². The highest BCUT2D eigenvalue weighted by Gasteiger charge is 2.20. The minimum Gasteiger partial charge on any atom is -0.397 e. The standard InChI is InChI=1S/C15H16ClNO2S/c1-10-6-7-12(13(16)8-10)9-20(18,19)14-5-3-4-11(2)15(14)17/h3-8H,9,17H2,1-2H3. The van der Waals surface area contributed by atoms with Gasteiger partial charge in [0.25, 0.3) is 0 Å². The van der Waals surface area contributed by atoms with Crippen LogP contribution in [0.2, 0.25) is 5.02 Å². The van der Waals surface area contributed by atoms with Crippen LogP contribution >= 0.6 is 11.6 Å². The first kappa shape index (κ1) is 14.9. The van der Waals surface area contributed by atoms with E-state index in [0.717, 1.165) is 11.1 Å². The zero-order chi connectivity index (χ0) is 14.9. The second-order valence-electron chi connectivity index (χ2n) is 4.84. The van der Waals surface area contributed by atoms with Crippen molar-refractivity contribution in [3.8, 4) is 0 Å². The summed E-state index contributed by atoms with van der Waals surface area (Å²) in [5.74, 6) is -0.153. The summed E-state index contributed by atoms with van der Waals surface area (Å²) in [6.07, 6.45) is 0. The molecule has 0 saturated heterocycles. The molecule has 0 aliphatic heterocycles. The molecule has 2 aromatic carbocycles. The maximum absolute atomic E-state index is 12.5. The van der Waals surface area contributed by atoms with Crippen LogP contribution in [0.4, 0.5) is 5.69 Å². The van der Waals surface area contributed by atoms with Gasteiger partial charge in [-0.25, -0.2) is 8.42 Å². The first-order valence-electron chi connectivity index (χ1n) is 6.14. The van der Waals surface area contributed by atoms with Gasteiger partial charge in [-0.3, -0.25) is 0 Å². The summed E-state index contributed by atoms with van der Waals surface area (Å²) in [7, 11) is -3.51. The van der Waals surface area contributed by atoms with Gasteiger partial charge >= 0.3 is 0 Å². The van der Waals surface area contributed by atoms with Gasteiger partial charge in [0.05, 0.1) is 16.3 Å². The molecule has 0 amide bonds.